The molecule has 1 N–H and O–H groups in total. The lowest BCUT2D eigenvalue weighted by molar-refractivity contribution is 0.0617. The predicted octanol–water partition coefficient (Wildman–Crippen LogP) is 4.20. The van der Waals surface area contributed by atoms with Gasteiger partial charge < -0.3 is 14.8 Å². The van der Waals surface area contributed by atoms with Gasteiger partial charge in [-0.05, 0) is 57.5 Å². The Balaban J connectivity index is 1.85. The Morgan fingerprint density at radius 2 is 1.68 bits per heavy atom. The van der Waals surface area contributed by atoms with Crippen molar-refractivity contribution in [1.29, 1.82) is 0 Å². The number of ether oxygens (including phenoxy) is 2. The van der Waals surface area contributed by atoms with Crippen molar-refractivity contribution >= 4 is 5.91 Å². The molecule has 0 aliphatic carbocycles. The summed E-state index contributed by atoms with van der Waals surface area (Å²) in [7, 11) is 0. The molecule has 0 spiro atoms. The molecule has 0 aromatic heterocycles. The lowest BCUT2D eigenvalue weighted by atomic mass is 10.1. The minimum atomic E-state index is -0.459. The predicted molar refractivity (Wildman–Crippen MR) is 99.8 cm³/mol. The van der Waals surface area contributed by atoms with Crippen LogP contribution >= 0.6 is 0 Å². The van der Waals surface area contributed by atoms with Crippen LogP contribution in [0.5, 0.6) is 5.75 Å². The molecule has 1 amide bonds. The van der Waals surface area contributed by atoms with Crippen LogP contribution in [0.1, 0.15) is 43.6 Å². The molecule has 134 valence electrons. The summed E-state index contributed by atoms with van der Waals surface area (Å²) in [5, 5.41) is 3.01. The van der Waals surface area contributed by atoms with Gasteiger partial charge in [0.05, 0.1) is 24.9 Å². The third kappa shape index (κ3) is 6.59. The molecule has 25 heavy (non-hydrogen) atoms. The molecule has 4 heteroatoms. The van der Waals surface area contributed by atoms with E-state index in [4.69, 9.17) is 9.47 Å². The zero-order valence-corrected chi connectivity index (χ0v) is 15.4. The number of hydrogen-bond acceptors (Lipinski definition) is 3. The summed E-state index contributed by atoms with van der Waals surface area (Å²) in [5.74, 6) is 0.640. The highest BCUT2D eigenvalue weighted by molar-refractivity contribution is 5.94. The van der Waals surface area contributed by atoms with Crippen molar-refractivity contribution < 1.29 is 14.3 Å². The van der Waals surface area contributed by atoms with E-state index < -0.39 is 5.54 Å². The standard InChI is InChI=1S/C21H27NO3/c1-16(2)25-19-12-10-18(11-13-19)20(23)22-21(3,4)15-24-14-17-8-6-5-7-9-17/h5-13,16H,14-15H2,1-4H3,(H,22,23). The molecule has 0 unspecified atom stereocenters. The minimum Gasteiger partial charge on any atom is -0.491 e. The van der Waals surface area contributed by atoms with Crippen LogP contribution in [0, 0.1) is 0 Å². The molecule has 4 nitrogen and oxygen atoms in total. The first-order valence-electron chi connectivity index (χ1n) is 8.57. The van der Waals surface area contributed by atoms with Gasteiger partial charge in [-0.1, -0.05) is 30.3 Å². The van der Waals surface area contributed by atoms with Crippen molar-refractivity contribution in [2.75, 3.05) is 6.61 Å². The van der Waals surface area contributed by atoms with Crippen molar-refractivity contribution in [1.82, 2.24) is 5.32 Å². The number of nitrogens with one attached hydrogen (secondary N) is 1. The van der Waals surface area contributed by atoms with E-state index >= 15 is 0 Å². The maximum atomic E-state index is 12.4. The third-order valence-electron chi connectivity index (χ3n) is 3.51. The quantitative estimate of drug-likeness (QED) is 0.783. The van der Waals surface area contributed by atoms with Crippen LogP contribution in [0.4, 0.5) is 0 Å². The van der Waals surface area contributed by atoms with E-state index in [0.29, 0.717) is 18.8 Å². The normalized spacial score (nSPS) is 11.4. The highest BCUT2D eigenvalue weighted by atomic mass is 16.5. The SMILES string of the molecule is CC(C)Oc1ccc(C(=O)NC(C)(C)COCc2ccccc2)cc1. The summed E-state index contributed by atoms with van der Waals surface area (Å²) in [5.41, 5.74) is 1.26. The van der Waals surface area contributed by atoms with E-state index in [1.54, 1.807) is 12.1 Å². The van der Waals surface area contributed by atoms with E-state index in [9.17, 15) is 4.79 Å². The molecule has 0 saturated carbocycles. The smallest absolute Gasteiger partial charge is 0.251 e. The van der Waals surface area contributed by atoms with E-state index in [1.165, 1.54) is 0 Å². The molecule has 0 atom stereocenters. The summed E-state index contributed by atoms with van der Waals surface area (Å²) in [4.78, 5) is 12.4. The fourth-order valence-electron chi connectivity index (χ4n) is 2.37. The van der Waals surface area contributed by atoms with Crippen LogP contribution < -0.4 is 10.1 Å². The van der Waals surface area contributed by atoms with Gasteiger partial charge in [-0.2, -0.15) is 0 Å². The van der Waals surface area contributed by atoms with Crippen LogP contribution in [0.25, 0.3) is 0 Å². The molecule has 0 radical (unpaired) electrons. The highest BCUT2D eigenvalue weighted by Crippen LogP contribution is 2.15. The van der Waals surface area contributed by atoms with Gasteiger partial charge in [0, 0.05) is 5.56 Å². The highest BCUT2D eigenvalue weighted by Gasteiger charge is 2.21. The van der Waals surface area contributed by atoms with Crippen molar-refractivity contribution in [2.24, 2.45) is 0 Å². The summed E-state index contributed by atoms with van der Waals surface area (Å²) < 4.78 is 11.3. The van der Waals surface area contributed by atoms with E-state index in [0.717, 1.165) is 11.3 Å². The molecule has 0 aliphatic heterocycles. The van der Waals surface area contributed by atoms with E-state index in [-0.39, 0.29) is 12.0 Å². The van der Waals surface area contributed by atoms with Crippen LogP contribution in [0.15, 0.2) is 54.6 Å². The van der Waals surface area contributed by atoms with E-state index in [2.05, 4.69) is 5.32 Å². The number of carbonyl (C=O) groups is 1. The largest absolute Gasteiger partial charge is 0.491 e. The molecule has 0 aliphatic rings. The zero-order chi connectivity index (χ0) is 18.3. The zero-order valence-electron chi connectivity index (χ0n) is 15.4. The lowest BCUT2D eigenvalue weighted by Crippen LogP contribution is -2.47. The molecule has 0 saturated heterocycles. The summed E-state index contributed by atoms with van der Waals surface area (Å²) >= 11 is 0. The van der Waals surface area contributed by atoms with Gasteiger partial charge in [-0.15, -0.1) is 0 Å². The van der Waals surface area contributed by atoms with Crippen molar-refractivity contribution in [3.8, 4) is 5.75 Å². The van der Waals surface area contributed by atoms with Crippen LogP contribution in [-0.2, 0) is 11.3 Å². The van der Waals surface area contributed by atoms with Crippen LogP contribution in [0.3, 0.4) is 0 Å². The average Bonchev–Trinajstić information content (AvgIpc) is 2.55. The van der Waals surface area contributed by atoms with Crippen LogP contribution in [0.2, 0.25) is 0 Å². The second kappa shape index (κ2) is 8.67. The number of hydrogen-bond donors (Lipinski definition) is 1. The first kappa shape index (κ1) is 19.0. The minimum absolute atomic E-state index is 0.111. The molecule has 2 aromatic carbocycles. The summed E-state index contributed by atoms with van der Waals surface area (Å²) in [6, 6.07) is 17.2. The number of carbonyl (C=O) groups excluding carboxylic acids is 1. The number of benzene rings is 2. The Morgan fingerprint density at radius 1 is 1.04 bits per heavy atom. The van der Waals surface area contributed by atoms with Gasteiger partial charge in [-0.25, -0.2) is 0 Å². The monoisotopic (exact) mass is 341 g/mol. The fourth-order valence-corrected chi connectivity index (χ4v) is 2.37. The first-order valence-corrected chi connectivity index (χ1v) is 8.57. The molecule has 0 bridgehead atoms. The second-order valence-electron chi connectivity index (χ2n) is 7.01. The van der Waals surface area contributed by atoms with Gasteiger partial charge in [-0.3, -0.25) is 4.79 Å². The maximum absolute atomic E-state index is 12.4. The molecule has 2 rings (SSSR count). The van der Waals surface area contributed by atoms with Gasteiger partial charge >= 0.3 is 0 Å². The maximum Gasteiger partial charge on any atom is 0.251 e. The molecular weight excluding hydrogens is 314 g/mol. The first-order chi connectivity index (χ1) is 11.9. The molecule has 0 heterocycles. The molecule has 0 fully saturated rings. The topological polar surface area (TPSA) is 47.6 Å². The van der Waals surface area contributed by atoms with Crippen molar-refractivity contribution in [3.05, 3.63) is 65.7 Å². The Labute approximate surface area is 150 Å². The molecule has 2 aromatic rings. The Hall–Kier alpha value is -2.33. The molecular formula is C21H27NO3. The Morgan fingerprint density at radius 3 is 2.28 bits per heavy atom. The summed E-state index contributed by atoms with van der Waals surface area (Å²) in [6.07, 6.45) is 0.111. The van der Waals surface area contributed by atoms with Gasteiger partial charge in [0.15, 0.2) is 0 Å². The Kier molecular flexibility index (Phi) is 6.59. The number of amides is 1. The lowest BCUT2D eigenvalue weighted by Gasteiger charge is -2.26. The fraction of sp³-hybridized carbons (Fsp3) is 0.381. The van der Waals surface area contributed by atoms with Crippen LogP contribution in [-0.4, -0.2) is 24.2 Å². The second-order valence-corrected chi connectivity index (χ2v) is 7.01. The average molecular weight is 341 g/mol. The van der Waals surface area contributed by atoms with E-state index in [1.807, 2.05) is 70.2 Å². The Bertz CT molecular complexity index is 663. The van der Waals surface area contributed by atoms with Gasteiger partial charge in [0.25, 0.3) is 5.91 Å². The van der Waals surface area contributed by atoms with Crippen molar-refractivity contribution in [2.45, 2.75) is 45.9 Å². The third-order valence-corrected chi connectivity index (χ3v) is 3.51. The van der Waals surface area contributed by atoms with Crippen molar-refractivity contribution in [3.63, 3.8) is 0 Å². The summed E-state index contributed by atoms with van der Waals surface area (Å²) in [6.45, 7) is 8.80. The van der Waals surface area contributed by atoms with Gasteiger partial charge in [0.1, 0.15) is 5.75 Å². The van der Waals surface area contributed by atoms with Gasteiger partial charge in [0.2, 0.25) is 0 Å². The number of rotatable bonds is 8.